The van der Waals surface area contributed by atoms with Gasteiger partial charge in [0.2, 0.25) is 5.91 Å². The first-order valence-electron chi connectivity index (χ1n) is 11.8. The monoisotopic (exact) mass is 459 g/mol. The highest BCUT2D eigenvalue weighted by Crippen LogP contribution is 2.18. The maximum Gasteiger partial charge on any atom is 0.251 e. The highest BCUT2D eigenvalue weighted by atomic mass is 16.5. The van der Waals surface area contributed by atoms with Crippen LogP contribution in [0.3, 0.4) is 0 Å². The standard InChI is InChI=1S/C28H33N3O3/c1-2-3-17-29-28(33)23-13-7-15-25(19-23)31-27(32)21-30-24-14-8-16-26(20-24)34-18-9-12-22-10-5-4-6-11-22/h4-8,10-11,13-16,19-20,30H,2-3,9,12,17-18,21H2,1H3,(H,29,33)(H,31,32). The molecule has 34 heavy (non-hydrogen) atoms. The maximum absolute atomic E-state index is 12.4. The van der Waals surface area contributed by atoms with E-state index in [1.54, 1.807) is 24.3 Å². The molecule has 0 aromatic heterocycles. The van der Waals surface area contributed by atoms with Gasteiger partial charge in [-0.25, -0.2) is 0 Å². The van der Waals surface area contributed by atoms with Crippen LogP contribution in [0, 0.1) is 0 Å². The number of amides is 2. The summed E-state index contributed by atoms with van der Waals surface area (Å²) in [6.07, 6.45) is 3.86. The largest absolute Gasteiger partial charge is 0.494 e. The van der Waals surface area contributed by atoms with Gasteiger partial charge in [-0.3, -0.25) is 9.59 Å². The predicted molar refractivity (Wildman–Crippen MR) is 138 cm³/mol. The second-order valence-electron chi connectivity index (χ2n) is 8.06. The van der Waals surface area contributed by atoms with Gasteiger partial charge in [-0.2, -0.15) is 0 Å². The van der Waals surface area contributed by atoms with Gasteiger partial charge in [0.25, 0.3) is 5.91 Å². The number of benzene rings is 3. The van der Waals surface area contributed by atoms with E-state index in [1.807, 2.05) is 42.5 Å². The molecule has 0 atom stereocenters. The number of carbonyl (C=O) groups is 2. The van der Waals surface area contributed by atoms with Crippen LogP contribution in [0.25, 0.3) is 0 Å². The topological polar surface area (TPSA) is 79.5 Å². The van der Waals surface area contributed by atoms with E-state index in [1.165, 1.54) is 5.56 Å². The van der Waals surface area contributed by atoms with Gasteiger partial charge in [0, 0.05) is 29.5 Å². The Hall–Kier alpha value is -3.80. The Labute approximate surface area is 201 Å². The first-order chi connectivity index (χ1) is 16.6. The van der Waals surface area contributed by atoms with Crippen molar-refractivity contribution in [2.45, 2.75) is 32.6 Å². The fourth-order valence-electron chi connectivity index (χ4n) is 3.41. The molecule has 0 aliphatic rings. The third kappa shape index (κ3) is 8.62. The van der Waals surface area contributed by atoms with Crippen molar-refractivity contribution in [3.63, 3.8) is 0 Å². The molecule has 0 aliphatic carbocycles. The summed E-state index contributed by atoms with van der Waals surface area (Å²) in [7, 11) is 0. The lowest BCUT2D eigenvalue weighted by atomic mass is 10.1. The Morgan fingerprint density at radius 3 is 2.47 bits per heavy atom. The Bertz CT molecular complexity index is 1050. The van der Waals surface area contributed by atoms with Crippen LogP contribution in [-0.2, 0) is 11.2 Å². The lowest BCUT2D eigenvalue weighted by Crippen LogP contribution is -2.25. The summed E-state index contributed by atoms with van der Waals surface area (Å²) in [6, 6.07) is 24.9. The Balaban J connectivity index is 1.42. The molecule has 0 saturated carbocycles. The van der Waals surface area contributed by atoms with E-state index in [0.29, 0.717) is 24.4 Å². The minimum absolute atomic E-state index is 0.102. The number of rotatable bonds is 13. The maximum atomic E-state index is 12.4. The second-order valence-corrected chi connectivity index (χ2v) is 8.06. The fraction of sp³-hybridized carbons (Fsp3) is 0.286. The number of anilines is 2. The van der Waals surface area contributed by atoms with Gasteiger partial charge < -0.3 is 20.7 Å². The number of nitrogens with one attached hydrogen (secondary N) is 3. The quantitative estimate of drug-likeness (QED) is 0.304. The molecule has 0 heterocycles. The van der Waals surface area contributed by atoms with Crippen molar-refractivity contribution in [3.05, 3.63) is 90.0 Å². The zero-order valence-corrected chi connectivity index (χ0v) is 19.7. The number of aryl methyl sites for hydroxylation is 1. The van der Waals surface area contributed by atoms with E-state index in [9.17, 15) is 9.59 Å². The van der Waals surface area contributed by atoms with Crippen molar-refractivity contribution in [3.8, 4) is 5.75 Å². The molecular formula is C28H33N3O3. The minimum Gasteiger partial charge on any atom is -0.494 e. The van der Waals surface area contributed by atoms with Crippen LogP contribution in [0.2, 0.25) is 0 Å². The molecule has 0 radical (unpaired) electrons. The summed E-state index contributed by atoms with van der Waals surface area (Å²) < 4.78 is 5.86. The molecule has 0 spiro atoms. The van der Waals surface area contributed by atoms with Crippen molar-refractivity contribution in [1.82, 2.24) is 5.32 Å². The number of ether oxygens (including phenoxy) is 1. The molecule has 178 valence electrons. The minimum atomic E-state index is -0.197. The molecule has 6 heteroatoms. The molecular weight excluding hydrogens is 426 g/mol. The molecule has 0 unspecified atom stereocenters. The van der Waals surface area contributed by atoms with Gasteiger partial charge in [-0.1, -0.05) is 55.8 Å². The van der Waals surface area contributed by atoms with Gasteiger partial charge in [0.15, 0.2) is 0 Å². The van der Waals surface area contributed by atoms with Crippen molar-refractivity contribution in [2.24, 2.45) is 0 Å². The summed E-state index contributed by atoms with van der Waals surface area (Å²) in [6.45, 7) is 3.45. The Morgan fingerprint density at radius 2 is 1.65 bits per heavy atom. The second kappa shape index (κ2) is 13.7. The highest BCUT2D eigenvalue weighted by Gasteiger charge is 2.08. The Kier molecular flexibility index (Phi) is 9.99. The summed E-state index contributed by atoms with van der Waals surface area (Å²) in [4.78, 5) is 24.6. The van der Waals surface area contributed by atoms with Gasteiger partial charge in [0.1, 0.15) is 5.75 Å². The number of hydrogen-bond acceptors (Lipinski definition) is 4. The van der Waals surface area contributed by atoms with E-state index in [0.717, 1.165) is 37.1 Å². The van der Waals surface area contributed by atoms with Gasteiger partial charge in [-0.15, -0.1) is 0 Å². The number of carbonyl (C=O) groups excluding carboxylic acids is 2. The van der Waals surface area contributed by atoms with Crippen LogP contribution in [0.1, 0.15) is 42.1 Å². The summed E-state index contributed by atoms with van der Waals surface area (Å²) in [5, 5.41) is 8.84. The van der Waals surface area contributed by atoms with Crippen molar-refractivity contribution < 1.29 is 14.3 Å². The molecule has 0 saturated heterocycles. The number of hydrogen-bond donors (Lipinski definition) is 3. The van der Waals surface area contributed by atoms with E-state index >= 15 is 0 Å². The molecule has 6 nitrogen and oxygen atoms in total. The molecule has 2 amide bonds. The van der Waals surface area contributed by atoms with Gasteiger partial charge >= 0.3 is 0 Å². The first-order valence-corrected chi connectivity index (χ1v) is 11.8. The van der Waals surface area contributed by atoms with Gasteiger partial charge in [0.05, 0.1) is 13.2 Å². The number of unbranched alkanes of at least 4 members (excludes halogenated alkanes) is 1. The highest BCUT2D eigenvalue weighted by molar-refractivity contribution is 5.98. The Morgan fingerprint density at radius 1 is 0.853 bits per heavy atom. The molecule has 3 N–H and O–H groups in total. The molecule has 3 aromatic carbocycles. The lowest BCUT2D eigenvalue weighted by Gasteiger charge is -2.11. The molecule has 3 rings (SSSR count). The summed E-state index contributed by atoms with van der Waals surface area (Å²) in [5.74, 6) is 0.432. The van der Waals surface area contributed by atoms with E-state index in [-0.39, 0.29) is 18.4 Å². The van der Waals surface area contributed by atoms with Crippen molar-refractivity contribution >= 4 is 23.2 Å². The van der Waals surface area contributed by atoms with Crippen LogP contribution < -0.4 is 20.7 Å². The van der Waals surface area contributed by atoms with Crippen molar-refractivity contribution in [2.75, 3.05) is 30.3 Å². The fourth-order valence-corrected chi connectivity index (χ4v) is 3.41. The average molecular weight is 460 g/mol. The average Bonchev–Trinajstić information content (AvgIpc) is 2.86. The van der Waals surface area contributed by atoms with E-state index in [4.69, 9.17) is 4.74 Å². The van der Waals surface area contributed by atoms with Crippen LogP contribution in [0.5, 0.6) is 5.75 Å². The summed E-state index contributed by atoms with van der Waals surface area (Å²) >= 11 is 0. The molecule has 0 aliphatic heterocycles. The third-order valence-electron chi connectivity index (χ3n) is 5.23. The van der Waals surface area contributed by atoms with E-state index in [2.05, 4.69) is 35.0 Å². The van der Waals surface area contributed by atoms with Crippen LogP contribution in [0.15, 0.2) is 78.9 Å². The third-order valence-corrected chi connectivity index (χ3v) is 5.23. The molecule has 3 aromatic rings. The molecule has 0 bridgehead atoms. The van der Waals surface area contributed by atoms with Crippen LogP contribution >= 0.6 is 0 Å². The normalized spacial score (nSPS) is 10.4. The van der Waals surface area contributed by atoms with Crippen LogP contribution in [0.4, 0.5) is 11.4 Å². The predicted octanol–water partition coefficient (Wildman–Crippen LogP) is 5.28. The SMILES string of the molecule is CCCCNC(=O)c1cccc(NC(=O)CNc2cccc(OCCCc3ccccc3)c2)c1. The van der Waals surface area contributed by atoms with Crippen molar-refractivity contribution in [1.29, 1.82) is 0 Å². The van der Waals surface area contributed by atoms with Gasteiger partial charge in [-0.05, 0) is 55.2 Å². The first kappa shape index (κ1) is 24.8. The summed E-state index contributed by atoms with van der Waals surface area (Å²) in [5.41, 5.74) is 3.22. The zero-order valence-electron chi connectivity index (χ0n) is 19.7. The van der Waals surface area contributed by atoms with Crippen LogP contribution in [-0.4, -0.2) is 31.5 Å². The molecule has 0 fully saturated rings. The van der Waals surface area contributed by atoms with E-state index < -0.39 is 0 Å². The lowest BCUT2D eigenvalue weighted by molar-refractivity contribution is -0.114. The zero-order chi connectivity index (χ0) is 24.0. The smallest absolute Gasteiger partial charge is 0.251 e.